The van der Waals surface area contributed by atoms with Gasteiger partial charge in [0.05, 0.1) is 12.0 Å². The predicted octanol–water partition coefficient (Wildman–Crippen LogP) is 2.16. The molecule has 1 aromatic rings. The van der Waals surface area contributed by atoms with Crippen molar-refractivity contribution < 1.29 is 4.79 Å². The van der Waals surface area contributed by atoms with E-state index < -0.39 is 0 Å². The van der Waals surface area contributed by atoms with Gasteiger partial charge in [0.25, 0.3) is 0 Å². The topological polar surface area (TPSA) is 55.1 Å². The van der Waals surface area contributed by atoms with Gasteiger partial charge in [0.1, 0.15) is 0 Å². The second-order valence-electron chi connectivity index (χ2n) is 4.33. The van der Waals surface area contributed by atoms with Crippen molar-refractivity contribution in [2.75, 3.05) is 6.54 Å². The van der Waals surface area contributed by atoms with Gasteiger partial charge in [-0.3, -0.25) is 4.79 Å². The Hall–Kier alpha value is -0.870. The first-order chi connectivity index (χ1) is 7.56. The van der Waals surface area contributed by atoms with Crippen molar-refractivity contribution in [1.29, 1.82) is 0 Å². The predicted molar refractivity (Wildman–Crippen MR) is 68.3 cm³/mol. The van der Waals surface area contributed by atoms with Crippen LogP contribution in [0.15, 0.2) is 17.5 Å². The Bertz CT molecular complexity index is 322. The zero-order valence-corrected chi connectivity index (χ0v) is 10.9. The molecule has 2 atom stereocenters. The van der Waals surface area contributed by atoms with E-state index in [4.69, 9.17) is 5.73 Å². The third-order valence-corrected chi connectivity index (χ3v) is 3.78. The van der Waals surface area contributed by atoms with Crippen molar-refractivity contribution >= 4 is 17.2 Å². The summed E-state index contributed by atoms with van der Waals surface area (Å²) in [5.74, 6) is 0.237. The lowest BCUT2D eigenvalue weighted by Crippen LogP contribution is -2.38. The number of rotatable bonds is 5. The largest absolute Gasteiger partial charge is 0.348 e. The van der Waals surface area contributed by atoms with E-state index in [9.17, 15) is 4.79 Å². The second kappa shape index (κ2) is 6.01. The van der Waals surface area contributed by atoms with Crippen LogP contribution in [0, 0.1) is 11.8 Å². The molecule has 90 valence electrons. The fraction of sp³-hybridized carbons (Fsp3) is 0.583. The Morgan fingerprint density at radius 3 is 2.62 bits per heavy atom. The van der Waals surface area contributed by atoms with Gasteiger partial charge in [0.15, 0.2) is 0 Å². The molecule has 2 unspecified atom stereocenters. The highest BCUT2D eigenvalue weighted by molar-refractivity contribution is 7.10. The average Bonchev–Trinajstić information content (AvgIpc) is 2.70. The first-order valence-electron chi connectivity index (χ1n) is 5.60. The van der Waals surface area contributed by atoms with Gasteiger partial charge < -0.3 is 11.1 Å². The standard InChI is InChI=1S/C12H20N2OS/c1-8(2)10(7-13)12(15)14-9(3)11-5-4-6-16-11/h4-6,8-10H,7,13H2,1-3H3,(H,14,15). The van der Waals surface area contributed by atoms with Gasteiger partial charge in [-0.05, 0) is 24.3 Å². The van der Waals surface area contributed by atoms with E-state index in [1.807, 2.05) is 38.3 Å². The van der Waals surface area contributed by atoms with Crippen LogP contribution in [0.3, 0.4) is 0 Å². The fourth-order valence-corrected chi connectivity index (χ4v) is 2.35. The summed E-state index contributed by atoms with van der Waals surface area (Å²) in [5, 5.41) is 5.02. The minimum Gasteiger partial charge on any atom is -0.348 e. The molecule has 4 heteroatoms. The van der Waals surface area contributed by atoms with Crippen molar-refractivity contribution in [2.24, 2.45) is 17.6 Å². The van der Waals surface area contributed by atoms with E-state index >= 15 is 0 Å². The minimum absolute atomic E-state index is 0.0541. The summed E-state index contributed by atoms with van der Waals surface area (Å²) in [4.78, 5) is 13.1. The smallest absolute Gasteiger partial charge is 0.225 e. The molecule has 0 radical (unpaired) electrons. The molecule has 0 fully saturated rings. The van der Waals surface area contributed by atoms with E-state index in [-0.39, 0.29) is 23.8 Å². The highest BCUT2D eigenvalue weighted by Crippen LogP contribution is 2.19. The molecule has 0 saturated carbocycles. The quantitative estimate of drug-likeness (QED) is 0.828. The van der Waals surface area contributed by atoms with Gasteiger partial charge in [0, 0.05) is 11.4 Å². The van der Waals surface area contributed by atoms with Crippen LogP contribution in [0.2, 0.25) is 0 Å². The molecule has 1 amide bonds. The fourth-order valence-electron chi connectivity index (χ4n) is 1.61. The van der Waals surface area contributed by atoms with Crippen molar-refractivity contribution in [1.82, 2.24) is 5.32 Å². The van der Waals surface area contributed by atoms with Gasteiger partial charge in [-0.25, -0.2) is 0 Å². The Labute approximate surface area is 101 Å². The number of nitrogens with two attached hydrogens (primary N) is 1. The average molecular weight is 240 g/mol. The molecule has 0 aliphatic carbocycles. The van der Waals surface area contributed by atoms with Gasteiger partial charge in [-0.2, -0.15) is 0 Å². The lowest BCUT2D eigenvalue weighted by atomic mass is 9.95. The van der Waals surface area contributed by atoms with E-state index in [2.05, 4.69) is 5.32 Å². The number of thiophene rings is 1. The molecule has 1 heterocycles. The van der Waals surface area contributed by atoms with Crippen LogP contribution in [-0.2, 0) is 4.79 Å². The molecule has 16 heavy (non-hydrogen) atoms. The molecule has 0 bridgehead atoms. The highest BCUT2D eigenvalue weighted by atomic mass is 32.1. The SMILES string of the molecule is CC(NC(=O)C(CN)C(C)C)c1cccs1. The molecule has 1 aromatic heterocycles. The Balaban J connectivity index is 2.57. The Kier molecular flexibility index (Phi) is 4.96. The van der Waals surface area contributed by atoms with Crippen LogP contribution in [0.4, 0.5) is 0 Å². The molecule has 3 N–H and O–H groups in total. The summed E-state index contributed by atoms with van der Waals surface area (Å²) in [7, 11) is 0. The lowest BCUT2D eigenvalue weighted by Gasteiger charge is -2.21. The molecule has 0 aliphatic rings. The lowest BCUT2D eigenvalue weighted by molar-refractivity contribution is -0.126. The number of nitrogens with one attached hydrogen (secondary N) is 1. The minimum atomic E-state index is -0.0950. The highest BCUT2D eigenvalue weighted by Gasteiger charge is 2.22. The van der Waals surface area contributed by atoms with Crippen LogP contribution < -0.4 is 11.1 Å². The second-order valence-corrected chi connectivity index (χ2v) is 5.31. The van der Waals surface area contributed by atoms with E-state index in [0.717, 1.165) is 0 Å². The van der Waals surface area contributed by atoms with E-state index in [1.54, 1.807) is 11.3 Å². The third kappa shape index (κ3) is 3.32. The molecule has 3 nitrogen and oxygen atoms in total. The summed E-state index contributed by atoms with van der Waals surface area (Å²) in [5.41, 5.74) is 5.61. The summed E-state index contributed by atoms with van der Waals surface area (Å²) in [6.07, 6.45) is 0. The van der Waals surface area contributed by atoms with Crippen LogP contribution >= 0.6 is 11.3 Å². The normalized spacial score (nSPS) is 14.8. The maximum Gasteiger partial charge on any atom is 0.225 e. The van der Waals surface area contributed by atoms with Crippen LogP contribution in [0.5, 0.6) is 0 Å². The van der Waals surface area contributed by atoms with Gasteiger partial charge >= 0.3 is 0 Å². The third-order valence-electron chi connectivity index (χ3n) is 2.72. The molecule has 0 spiro atoms. The monoisotopic (exact) mass is 240 g/mol. The van der Waals surface area contributed by atoms with Crippen molar-refractivity contribution in [2.45, 2.75) is 26.8 Å². The summed E-state index contributed by atoms with van der Waals surface area (Å²) in [6.45, 7) is 6.44. The van der Waals surface area contributed by atoms with Crippen molar-refractivity contribution in [3.63, 3.8) is 0 Å². The molecular formula is C12H20N2OS. The number of amides is 1. The Morgan fingerprint density at radius 1 is 1.50 bits per heavy atom. The molecule has 0 saturated heterocycles. The van der Waals surface area contributed by atoms with Gasteiger partial charge in [0.2, 0.25) is 5.91 Å². The number of carbonyl (C=O) groups excluding carboxylic acids is 1. The number of hydrogen-bond donors (Lipinski definition) is 2. The first kappa shape index (κ1) is 13.2. The Morgan fingerprint density at radius 2 is 2.19 bits per heavy atom. The van der Waals surface area contributed by atoms with Crippen LogP contribution in [0.1, 0.15) is 31.7 Å². The van der Waals surface area contributed by atoms with Crippen molar-refractivity contribution in [3.05, 3.63) is 22.4 Å². The van der Waals surface area contributed by atoms with Crippen LogP contribution in [-0.4, -0.2) is 12.5 Å². The maximum atomic E-state index is 11.9. The van der Waals surface area contributed by atoms with Crippen LogP contribution in [0.25, 0.3) is 0 Å². The molecule has 0 aromatic carbocycles. The molecule has 1 rings (SSSR count). The van der Waals surface area contributed by atoms with Gasteiger partial charge in [-0.1, -0.05) is 19.9 Å². The van der Waals surface area contributed by atoms with Gasteiger partial charge in [-0.15, -0.1) is 11.3 Å². The van der Waals surface area contributed by atoms with E-state index in [0.29, 0.717) is 6.54 Å². The molecule has 0 aliphatic heterocycles. The zero-order valence-electron chi connectivity index (χ0n) is 10.1. The molecular weight excluding hydrogens is 220 g/mol. The van der Waals surface area contributed by atoms with E-state index in [1.165, 1.54) is 4.88 Å². The number of carbonyl (C=O) groups is 1. The zero-order chi connectivity index (χ0) is 12.1. The summed E-state index contributed by atoms with van der Waals surface area (Å²) in [6, 6.07) is 4.09. The summed E-state index contributed by atoms with van der Waals surface area (Å²) < 4.78 is 0. The summed E-state index contributed by atoms with van der Waals surface area (Å²) >= 11 is 1.65. The maximum absolute atomic E-state index is 11.9. The number of hydrogen-bond acceptors (Lipinski definition) is 3. The first-order valence-corrected chi connectivity index (χ1v) is 6.48. The van der Waals surface area contributed by atoms with Crippen molar-refractivity contribution in [3.8, 4) is 0 Å².